The highest BCUT2D eigenvalue weighted by molar-refractivity contribution is 6.34. The van der Waals surface area contributed by atoms with E-state index in [9.17, 15) is 14.9 Å². The molecule has 7 nitrogen and oxygen atoms in total. The van der Waals surface area contributed by atoms with Gasteiger partial charge in [0.15, 0.2) is 0 Å². The zero-order valence-electron chi connectivity index (χ0n) is 11.3. The molecule has 1 aliphatic heterocycles. The van der Waals surface area contributed by atoms with Crippen LogP contribution in [0.15, 0.2) is 12.1 Å². The monoisotopic (exact) mass is 313 g/mol. The Hall–Kier alpha value is -1.86. The first-order valence-electron chi connectivity index (χ1n) is 6.58. The van der Waals surface area contributed by atoms with Crippen LogP contribution in [0.4, 0.5) is 11.4 Å². The maximum absolute atomic E-state index is 12.0. The number of nitrogens with one attached hydrogen (secondary N) is 1. The summed E-state index contributed by atoms with van der Waals surface area (Å²) in [6.07, 6.45) is 1.81. The topological polar surface area (TPSA) is 107 Å². The first-order valence-corrected chi connectivity index (χ1v) is 6.96. The number of halogens is 1. The minimum atomic E-state index is -0.659. The van der Waals surface area contributed by atoms with Crippen LogP contribution < -0.4 is 11.1 Å². The van der Waals surface area contributed by atoms with E-state index in [1.807, 2.05) is 0 Å². The highest BCUT2D eigenvalue weighted by Crippen LogP contribution is 2.30. The average molecular weight is 314 g/mol. The number of hydrogen-bond acceptors (Lipinski definition) is 5. The van der Waals surface area contributed by atoms with E-state index in [0.717, 1.165) is 32.1 Å². The van der Waals surface area contributed by atoms with Gasteiger partial charge in [0.05, 0.1) is 9.95 Å². The SMILES string of the molecule is Nc1c(Cl)cc(C(=O)NCCC2CCOC2)cc1[N+](=O)[O-]. The fraction of sp³-hybridized carbons (Fsp3) is 0.462. The number of carbonyl (C=O) groups is 1. The molecule has 1 aliphatic rings. The van der Waals surface area contributed by atoms with Gasteiger partial charge in [0.1, 0.15) is 5.69 Å². The summed E-state index contributed by atoms with van der Waals surface area (Å²) >= 11 is 5.82. The van der Waals surface area contributed by atoms with E-state index in [4.69, 9.17) is 22.1 Å². The third kappa shape index (κ3) is 3.83. The zero-order chi connectivity index (χ0) is 15.4. The molecule has 21 heavy (non-hydrogen) atoms. The van der Waals surface area contributed by atoms with Gasteiger partial charge >= 0.3 is 0 Å². The summed E-state index contributed by atoms with van der Waals surface area (Å²) in [5, 5.41) is 13.6. The molecule has 1 unspecified atom stereocenters. The fourth-order valence-electron chi connectivity index (χ4n) is 2.19. The van der Waals surface area contributed by atoms with Crippen LogP contribution in [0.5, 0.6) is 0 Å². The third-order valence-electron chi connectivity index (χ3n) is 3.43. The van der Waals surface area contributed by atoms with Crippen molar-refractivity contribution in [1.29, 1.82) is 0 Å². The van der Waals surface area contributed by atoms with Gasteiger partial charge in [-0.05, 0) is 24.8 Å². The second-order valence-corrected chi connectivity index (χ2v) is 5.33. The number of amides is 1. The lowest BCUT2D eigenvalue weighted by atomic mass is 10.1. The smallest absolute Gasteiger partial charge is 0.294 e. The largest absolute Gasteiger partial charge is 0.392 e. The Morgan fingerprint density at radius 1 is 1.57 bits per heavy atom. The molecule has 1 aromatic carbocycles. The van der Waals surface area contributed by atoms with Crippen LogP contribution >= 0.6 is 11.6 Å². The Morgan fingerprint density at radius 2 is 2.33 bits per heavy atom. The van der Waals surface area contributed by atoms with Gasteiger partial charge in [-0.25, -0.2) is 0 Å². The Kier molecular flexibility index (Phi) is 4.98. The molecule has 1 atom stereocenters. The number of nitro groups is 1. The third-order valence-corrected chi connectivity index (χ3v) is 3.74. The Morgan fingerprint density at radius 3 is 2.95 bits per heavy atom. The van der Waals surface area contributed by atoms with Crippen molar-refractivity contribution in [1.82, 2.24) is 5.32 Å². The second kappa shape index (κ2) is 6.73. The number of anilines is 1. The molecule has 8 heteroatoms. The van der Waals surface area contributed by atoms with E-state index in [1.165, 1.54) is 6.07 Å². The molecule has 0 radical (unpaired) electrons. The van der Waals surface area contributed by atoms with E-state index >= 15 is 0 Å². The lowest BCUT2D eigenvalue weighted by molar-refractivity contribution is -0.383. The number of carbonyl (C=O) groups excluding carboxylic acids is 1. The number of ether oxygens (including phenoxy) is 1. The molecule has 0 aromatic heterocycles. The highest BCUT2D eigenvalue weighted by Gasteiger charge is 2.20. The molecule has 1 amide bonds. The van der Waals surface area contributed by atoms with Crippen molar-refractivity contribution in [3.05, 3.63) is 32.8 Å². The summed E-state index contributed by atoms with van der Waals surface area (Å²) in [5.74, 6) is 0.0496. The van der Waals surface area contributed by atoms with E-state index in [0.29, 0.717) is 12.5 Å². The van der Waals surface area contributed by atoms with Crippen LogP contribution in [0.3, 0.4) is 0 Å². The first-order chi connectivity index (χ1) is 9.99. The van der Waals surface area contributed by atoms with Gasteiger partial charge in [-0.1, -0.05) is 11.6 Å². The van der Waals surface area contributed by atoms with E-state index in [2.05, 4.69) is 5.32 Å². The number of hydrogen-bond donors (Lipinski definition) is 2. The maximum atomic E-state index is 12.0. The van der Waals surface area contributed by atoms with Crippen LogP contribution in [-0.4, -0.2) is 30.6 Å². The lowest BCUT2D eigenvalue weighted by Gasteiger charge is -2.09. The van der Waals surface area contributed by atoms with Crippen LogP contribution in [0, 0.1) is 16.0 Å². The van der Waals surface area contributed by atoms with Gasteiger partial charge < -0.3 is 15.8 Å². The first kappa shape index (κ1) is 15.5. The predicted molar refractivity (Wildman–Crippen MR) is 78.4 cm³/mol. The summed E-state index contributed by atoms with van der Waals surface area (Å²) in [4.78, 5) is 22.2. The number of benzene rings is 1. The summed E-state index contributed by atoms with van der Waals surface area (Å²) in [7, 11) is 0. The number of nitrogens with two attached hydrogens (primary N) is 1. The van der Waals surface area contributed by atoms with Crippen LogP contribution in [0.2, 0.25) is 5.02 Å². The minimum absolute atomic E-state index is 0.00135. The quantitative estimate of drug-likeness (QED) is 0.491. The molecule has 0 saturated carbocycles. The minimum Gasteiger partial charge on any atom is -0.392 e. The molecule has 0 aliphatic carbocycles. The molecule has 114 valence electrons. The van der Waals surface area contributed by atoms with Gasteiger partial charge in [0.2, 0.25) is 0 Å². The Bertz CT molecular complexity index is 559. The van der Waals surface area contributed by atoms with Gasteiger partial charge in [0.25, 0.3) is 11.6 Å². The molecule has 0 bridgehead atoms. The van der Waals surface area contributed by atoms with Crippen molar-refractivity contribution < 1.29 is 14.5 Å². The van der Waals surface area contributed by atoms with E-state index in [-0.39, 0.29) is 22.0 Å². The average Bonchev–Trinajstić information content (AvgIpc) is 2.94. The Balaban J connectivity index is 1.99. The predicted octanol–water partition coefficient (Wildman–Crippen LogP) is 1.99. The van der Waals surface area contributed by atoms with Crippen molar-refractivity contribution in [2.24, 2.45) is 5.92 Å². The van der Waals surface area contributed by atoms with Crippen LogP contribution in [0.25, 0.3) is 0 Å². The van der Waals surface area contributed by atoms with Crippen LogP contribution in [0.1, 0.15) is 23.2 Å². The molecule has 1 aromatic rings. The highest BCUT2D eigenvalue weighted by atomic mass is 35.5. The molecular formula is C13H16ClN3O4. The standard InChI is InChI=1S/C13H16ClN3O4/c14-10-5-9(6-11(12(10)15)17(19)20)13(18)16-3-1-8-2-4-21-7-8/h5-6,8H,1-4,7,15H2,(H,16,18). The van der Waals surface area contributed by atoms with Crippen molar-refractivity contribution in [3.8, 4) is 0 Å². The van der Waals surface area contributed by atoms with E-state index < -0.39 is 10.8 Å². The van der Waals surface area contributed by atoms with Crippen molar-refractivity contribution >= 4 is 28.9 Å². The summed E-state index contributed by atoms with van der Waals surface area (Å²) in [5.41, 5.74) is 5.14. The van der Waals surface area contributed by atoms with Gasteiger partial charge in [-0.2, -0.15) is 0 Å². The lowest BCUT2D eigenvalue weighted by Crippen LogP contribution is -2.26. The number of nitrogens with zero attached hydrogens (tertiary/aromatic N) is 1. The Labute approximate surface area is 126 Å². The van der Waals surface area contributed by atoms with Crippen molar-refractivity contribution in [2.75, 3.05) is 25.5 Å². The van der Waals surface area contributed by atoms with Gasteiger partial charge in [-0.15, -0.1) is 0 Å². The molecule has 1 saturated heterocycles. The van der Waals surface area contributed by atoms with E-state index in [1.54, 1.807) is 0 Å². The summed E-state index contributed by atoms with van der Waals surface area (Å²) < 4.78 is 5.25. The molecule has 3 N–H and O–H groups in total. The molecule has 2 rings (SSSR count). The van der Waals surface area contributed by atoms with Crippen LogP contribution in [-0.2, 0) is 4.74 Å². The second-order valence-electron chi connectivity index (χ2n) is 4.92. The van der Waals surface area contributed by atoms with Gasteiger partial charge in [0, 0.05) is 31.4 Å². The zero-order valence-corrected chi connectivity index (χ0v) is 12.1. The number of rotatable bonds is 5. The molecule has 0 spiro atoms. The number of nitrogen functional groups attached to an aromatic ring is 1. The summed E-state index contributed by atoms with van der Waals surface area (Å²) in [6.45, 7) is 1.97. The van der Waals surface area contributed by atoms with Gasteiger partial charge in [-0.3, -0.25) is 14.9 Å². The maximum Gasteiger partial charge on any atom is 0.294 e. The van der Waals surface area contributed by atoms with Crippen molar-refractivity contribution in [3.63, 3.8) is 0 Å². The van der Waals surface area contributed by atoms with Crippen molar-refractivity contribution in [2.45, 2.75) is 12.8 Å². The number of nitro benzene ring substituents is 1. The molecule has 1 fully saturated rings. The normalized spacial score (nSPS) is 17.7. The summed E-state index contributed by atoms with van der Waals surface area (Å²) in [6, 6.07) is 2.47. The molecule has 1 heterocycles. The molecular weight excluding hydrogens is 298 g/mol. The fourth-order valence-corrected chi connectivity index (χ4v) is 2.40.